The van der Waals surface area contributed by atoms with Crippen LogP contribution >= 0.6 is 22.9 Å². The van der Waals surface area contributed by atoms with Gasteiger partial charge in [-0.2, -0.15) is 0 Å². The molecule has 0 aliphatic heterocycles. The van der Waals surface area contributed by atoms with Gasteiger partial charge >= 0.3 is 0 Å². The number of rotatable bonds is 3. The fourth-order valence-corrected chi connectivity index (χ4v) is 2.56. The van der Waals surface area contributed by atoms with Crippen LogP contribution < -0.4 is 0 Å². The topological polar surface area (TPSA) is 17.1 Å². The predicted octanol–water partition coefficient (Wildman–Crippen LogP) is 4.67. The van der Waals surface area contributed by atoms with Crippen molar-refractivity contribution < 1.29 is 9.18 Å². The first-order valence-corrected chi connectivity index (χ1v) is 6.55. The lowest BCUT2D eigenvalue weighted by atomic mass is 10.1. The molecule has 0 atom stereocenters. The van der Waals surface area contributed by atoms with Gasteiger partial charge in [-0.1, -0.05) is 23.7 Å². The average molecular weight is 281 g/mol. The van der Waals surface area contributed by atoms with Crippen molar-refractivity contribution in [2.75, 3.05) is 0 Å². The zero-order valence-electron chi connectivity index (χ0n) is 9.61. The second-order valence-electron chi connectivity index (χ2n) is 3.76. The molecule has 0 spiro atoms. The first-order valence-electron chi connectivity index (χ1n) is 5.29. The molecule has 0 amide bonds. The molecule has 0 bridgehead atoms. The average Bonchev–Trinajstić information content (AvgIpc) is 2.80. The largest absolute Gasteiger partial charge is 0.294 e. The SMILES string of the molecule is CC(=O)/C(=C/c1ccc(F)cc1Cl)c1cccs1. The van der Waals surface area contributed by atoms with E-state index < -0.39 is 5.82 Å². The minimum atomic E-state index is -0.391. The predicted molar refractivity (Wildman–Crippen MR) is 74.3 cm³/mol. The van der Waals surface area contributed by atoms with Crippen LogP contribution in [0.15, 0.2) is 35.7 Å². The minimum Gasteiger partial charge on any atom is -0.294 e. The van der Waals surface area contributed by atoms with Crippen LogP contribution in [0.4, 0.5) is 4.39 Å². The Kier molecular flexibility index (Phi) is 3.94. The molecule has 92 valence electrons. The van der Waals surface area contributed by atoms with Crippen LogP contribution in [-0.2, 0) is 4.79 Å². The van der Waals surface area contributed by atoms with Gasteiger partial charge in [0.25, 0.3) is 0 Å². The van der Waals surface area contributed by atoms with E-state index in [0.717, 1.165) is 4.88 Å². The molecule has 0 unspecified atom stereocenters. The summed E-state index contributed by atoms with van der Waals surface area (Å²) in [5.41, 5.74) is 1.22. The highest BCUT2D eigenvalue weighted by molar-refractivity contribution is 7.11. The van der Waals surface area contributed by atoms with Crippen LogP contribution in [0.2, 0.25) is 5.02 Å². The van der Waals surface area contributed by atoms with Crippen molar-refractivity contribution in [1.29, 1.82) is 0 Å². The van der Waals surface area contributed by atoms with E-state index in [1.54, 1.807) is 12.1 Å². The van der Waals surface area contributed by atoms with E-state index in [-0.39, 0.29) is 5.78 Å². The Balaban J connectivity index is 2.49. The quantitative estimate of drug-likeness (QED) is 0.747. The van der Waals surface area contributed by atoms with Gasteiger partial charge in [-0.25, -0.2) is 4.39 Å². The molecule has 0 aliphatic rings. The third kappa shape index (κ3) is 2.86. The molecule has 1 heterocycles. The number of benzene rings is 1. The summed E-state index contributed by atoms with van der Waals surface area (Å²) < 4.78 is 12.9. The van der Waals surface area contributed by atoms with Gasteiger partial charge in [0.1, 0.15) is 5.82 Å². The molecule has 18 heavy (non-hydrogen) atoms. The second-order valence-corrected chi connectivity index (χ2v) is 5.11. The number of halogens is 2. The summed E-state index contributed by atoms with van der Waals surface area (Å²) >= 11 is 7.43. The summed E-state index contributed by atoms with van der Waals surface area (Å²) in [6.07, 6.45) is 1.69. The van der Waals surface area contributed by atoms with E-state index in [2.05, 4.69) is 0 Å². The zero-order chi connectivity index (χ0) is 13.1. The number of thiophene rings is 1. The third-order valence-corrected chi connectivity index (χ3v) is 3.66. The summed E-state index contributed by atoms with van der Waals surface area (Å²) in [6.45, 7) is 1.50. The van der Waals surface area contributed by atoms with Crippen molar-refractivity contribution in [3.8, 4) is 0 Å². The molecule has 0 N–H and O–H groups in total. The summed E-state index contributed by atoms with van der Waals surface area (Å²) in [5.74, 6) is -0.435. The number of Topliss-reactive ketones (excluding diaryl/α,β-unsaturated/α-hetero) is 1. The molecular formula is C14H10ClFOS. The lowest BCUT2D eigenvalue weighted by Gasteiger charge is -2.03. The second kappa shape index (κ2) is 5.46. The summed E-state index contributed by atoms with van der Waals surface area (Å²) in [6, 6.07) is 7.87. The molecular weight excluding hydrogens is 271 g/mol. The first kappa shape index (κ1) is 13.0. The van der Waals surface area contributed by atoms with Crippen LogP contribution in [0.25, 0.3) is 11.6 Å². The Morgan fingerprint density at radius 3 is 2.72 bits per heavy atom. The highest BCUT2D eigenvalue weighted by Gasteiger charge is 2.09. The molecule has 1 aromatic carbocycles. The fraction of sp³-hybridized carbons (Fsp3) is 0.0714. The Labute approximate surface area is 114 Å². The maximum atomic E-state index is 12.9. The number of ketones is 1. The van der Waals surface area contributed by atoms with Crippen LogP contribution in [0.3, 0.4) is 0 Å². The summed E-state index contributed by atoms with van der Waals surface area (Å²) in [7, 11) is 0. The molecule has 0 aliphatic carbocycles. The molecule has 0 saturated carbocycles. The molecule has 0 fully saturated rings. The van der Waals surface area contributed by atoms with E-state index in [4.69, 9.17) is 11.6 Å². The van der Waals surface area contributed by atoms with Gasteiger partial charge in [-0.15, -0.1) is 11.3 Å². The zero-order valence-corrected chi connectivity index (χ0v) is 11.2. The lowest BCUT2D eigenvalue weighted by molar-refractivity contribution is -0.111. The Bertz CT molecular complexity index is 602. The third-order valence-electron chi connectivity index (χ3n) is 2.43. The van der Waals surface area contributed by atoms with E-state index in [1.807, 2.05) is 17.5 Å². The van der Waals surface area contributed by atoms with Gasteiger partial charge in [0.05, 0.1) is 5.02 Å². The number of hydrogen-bond donors (Lipinski definition) is 0. The van der Waals surface area contributed by atoms with Crippen LogP contribution in [-0.4, -0.2) is 5.78 Å². The van der Waals surface area contributed by atoms with Gasteiger partial charge in [0, 0.05) is 10.5 Å². The molecule has 1 nitrogen and oxygen atoms in total. The van der Waals surface area contributed by atoms with Gasteiger partial charge in [0.15, 0.2) is 5.78 Å². The molecule has 4 heteroatoms. The van der Waals surface area contributed by atoms with Crippen molar-refractivity contribution in [2.45, 2.75) is 6.92 Å². The Morgan fingerprint density at radius 2 is 2.17 bits per heavy atom. The van der Waals surface area contributed by atoms with E-state index >= 15 is 0 Å². The Hall–Kier alpha value is -1.45. The van der Waals surface area contributed by atoms with Gasteiger partial charge in [0.2, 0.25) is 0 Å². The summed E-state index contributed by atoms with van der Waals surface area (Å²) in [5, 5.41) is 2.20. The summed E-state index contributed by atoms with van der Waals surface area (Å²) in [4.78, 5) is 12.5. The minimum absolute atomic E-state index is 0.0437. The van der Waals surface area contributed by atoms with Gasteiger partial charge in [-0.3, -0.25) is 4.79 Å². The normalized spacial score (nSPS) is 11.6. The lowest BCUT2D eigenvalue weighted by Crippen LogP contribution is -1.94. The number of hydrogen-bond acceptors (Lipinski definition) is 2. The maximum Gasteiger partial charge on any atom is 0.161 e. The maximum absolute atomic E-state index is 12.9. The highest BCUT2D eigenvalue weighted by atomic mass is 35.5. The molecule has 0 radical (unpaired) electrons. The standard InChI is InChI=1S/C14H10ClFOS/c1-9(17)12(14-3-2-6-18-14)7-10-4-5-11(16)8-13(10)15/h2-8H,1H3/b12-7-. The van der Waals surface area contributed by atoms with Crippen LogP contribution in [0.5, 0.6) is 0 Å². The van der Waals surface area contributed by atoms with E-state index in [1.165, 1.54) is 30.4 Å². The van der Waals surface area contributed by atoms with Crippen molar-refractivity contribution in [3.05, 3.63) is 57.0 Å². The van der Waals surface area contributed by atoms with Crippen LogP contribution in [0.1, 0.15) is 17.4 Å². The smallest absolute Gasteiger partial charge is 0.161 e. The van der Waals surface area contributed by atoms with Crippen molar-refractivity contribution in [2.24, 2.45) is 0 Å². The van der Waals surface area contributed by atoms with Gasteiger partial charge < -0.3 is 0 Å². The Morgan fingerprint density at radius 1 is 1.39 bits per heavy atom. The van der Waals surface area contributed by atoms with Gasteiger partial charge in [-0.05, 0) is 42.1 Å². The molecule has 1 aromatic heterocycles. The molecule has 2 aromatic rings. The number of carbonyl (C=O) groups is 1. The fourth-order valence-electron chi connectivity index (χ4n) is 1.55. The molecule has 2 rings (SSSR count). The number of carbonyl (C=O) groups excluding carboxylic acids is 1. The van der Waals surface area contributed by atoms with Crippen molar-refractivity contribution in [3.63, 3.8) is 0 Å². The van der Waals surface area contributed by atoms with E-state index in [0.29, 0.717) is 16.2 Å². The monoisotopic (exact) mass is 280 g/mol. The molecule has 0 saturated heterocycles. The van der Waals surface area contributed by atoms with Crippen molar-refractivity contribution >= 4 is 40.4 Å². The van der Waals surface area contributed by atoms with E-state index in [9.17, 15) is 9.18 Å². The number of allylic oxidation sites excluding steroid dienone is 1. The first-order chi connectivity index (χ1) is 8.58. The highest BCUT2D eigenvalue weighted by Crippen LogP contribution is 2.27. The van der Waals surface area contributed by atoms with Crippen LogP contribution in [0, 0.1) is 5.82 Å². The van der Waals surface area contributed by atoms with Crippen molar-refractivity contribution in [1.82, 2.24) is 0 Å².